The first-order valence-corrected chi connectivity index (χ1v) is 10.3. The Hall–Kier alpha value is -2.84. The van der Waals surface area contributed by atoms with Crippen LogP contribution in [0.3, 0.4) is 0 Å². The van der Waals surface area contributed by atoms with Crippen LogP contribution in [-0.2, 0) is 12.8 Å². The molecule has 0 aliphatic carbocycles. The molecule has 0 spiro atoms. The smallest absolute Gasteiger partial charge is 0.237 e. The van der Waals surface area contributed by atoms with Gasteiger partial charge in [-0.25, -0.2) is 0 Å². The Morgan fingerprint density at radius 3 is 2.48 bits per heavy atom. The summed E-state index contributed by atoms with van der Waals surface area (Å²) in [6.07, 6.45) is 0. The first-order chi connectivity index (χ1) is 14.1. The summed E-state index contributed by atoms with van der Waals surface area (Å²) in [7, 11) is 1.92. The molecule has 0 radical (unpaired) electrons. The molecular formula is C20H18ClN5O2S. The largest absolute Gasteiger partial charge is 0.494 e. The maximum atomic E-state index is 5.95. The third-order valence-electron chi connectivity index (χ3n) is 4.15. The summed E-state index contributed by atoms with van der Waals surface area (Å²) in [6.45, 7) is 2.58. The summed E-state index contributed by atoms with van der Waals surface area (Å²) in [6, 6.07) is 15.1. The van der Waals surface area contributed by atoms with Crippen molar-refractivity contribution in [1.82, 2.24) is 24.9 Å². The number of benzene rings is 2. The maximum absolute atomic E-state index is 5.95. The van der Waals surface area contributed by atoms with Crippen molar-refractivity contribution in [1.29, 1.82) is 0 Å². The Kier molecular flexibility index (Phi) is 5.82. The Labute approximate surface area is 177 Å². The molecule has 0 bridgehead atoms. The van der Waals surface area contributed by atoms with Gasteiger partial charge in [-0.15, -0.1) is 10.2 Å². The van der Waals surface area contributed by atoms with E-state index in [-0.39, 0.29) is 0 Å². The number of nitrogens with zero attached hydrogens (tertiary/aromatic N) is 5. The highest BCUT2D eigenvalue weighted by molar-refractivity contribution is 7.98. The van der Waals surface area contributed by atoms with Gasteiger partial charge in [0.25, 0.3) is 0 Å². The standard InChI is InChI=1S/C20H18ClN5O2S/c1-3-27-16-10-6-13(7-11-16)18-22-17(28-25-18)12-29-20-24-23-19(26(20)2)14-4-8-15(21)9-5-14/h4-11H,3,12H2,1-2H3. The topological polar surface area (TPSA) is 78.9 Å². The lowest BCUT2D eigenvalue weighted by atomic mass is 10.2. The summed E-state index contributed by atoms with van der Waals surface area (Å²) in [5.74, 6) is 3.15. The lowest BCUT2D eigenvalue weighted by Gasteiger charge is -2.03. The van der Waals surface area contributed by atoms with E-state index in [1.165, 1.54) is 11.8 Å². The fraction of sp³-hybridized carbons (Fsp3) is 0.200. The number of hydrogen-bond donors (Lipinski definition) is 0. The molecule has 0 fully saturated rings. The van der Waals surface area contributed by atoms with Gasteiger partial charge in [-0.3, -0.25) is 0 Å². The van der Waals surface area contributed by atoms with Gasteiger partial charge in [0.2, 0.25) is 11.7 Å². The molecule has 7 nitrogen and oxygen atoms in total. The zero-order valence-corrected chi connectivity index (χ0v) is 17.4. The number of thioether (sulfide) groups is 1. The van der Waals surface area contributed by atoms with Crippen molar-refractivity contribution < 1.29 is 9.26 Å². The van der Waals surface area contributed by atoms with Crippen molar-refractivity contribution in [3.63, 3.8) is 0 Å². The lowest BCUT2D eigenvalue weighted by molar-refractivity contribution is 0.340. The van der Waals surface area contributed by atoms with Crippen molar-refractivity contribution in [2.75, 3.05) is 6.61 Å². The van der Waals surface area contributed by atoms with Gasteiger partial charge in [-0.2, -0.15) is 4.98 Å². The minimum absolute atomic E-state index is 0.497. The highest BCUT2D eigenvalue weighted by Crippen LogP contribution is 2.27. The third kappa shape index (κ3) is 4.44. The average Bonchev–Trinajstić information content (AvgIpc) is 3.35. The van der Waals surface area contributed by atoms with E-state index < -0.39 is 0 Å². The monoisotopic (exact) mass is 427 g/mol. The van der Waals surface area contributed by atoms with Crippen molar-refractivity contribution in [3.05, 3.63) is 59.4 Å². The van der Waals surface area contributed by atoms with Crippen LogP contribution < -0.4 is 4.74 Å². The van der Waals surface area contributed by atoms with Crippen LogP contribution in [0.2, 0.25) is 5.02 Å². The second-order valence-electron chi connectivity index (χ2n) is 6.13. The highest BCUT2D eigenvalue weighted by Gasteiger charge is 2.14. The van der Waals surface area contributed by atoms with Crippen molar-refractivity contribution >= 4 is 23.4 Å². The molecule has 0 N–H and O–H groups in total. The van der Waals surface area contributed by atoms with Crippen molar-refractivity contribution in [2.24, 2.45) is 7.05 Å². The minimum Gasteiger partial charge on any atom is -0.494 e. The Balaban J connectivity index is 1.43. The van der Waals surface area contributed by atoms with Gasteiger partial charge in [0, 0.05) is 23.2 Å². The molecule has 148 valence electrons. The zero-order chi connectivity index (χ0) is 20.2. The number of rotatable bonds is 7. The second-order valence-corrected chi connectivity index (χ2v) is 7.51. The van der Waals surface area contributed by atoms with E-state index in [1.807, 2.05) is 67.1 Å². The molecule has 9 heteroatoms. The van der Waals surface area contributed by atoms with E-state index in [0.29, 0.717) is 29.1 Å². The summed E-state index contributed by atoms with van der Waals surface area (Å²) in [4.78, 5) is 4.46. The van der Waals surface area contributed by atoms with E-state index in [0.717, 1.165) is 27.9 Å². The summed E-state index contributed by atoms with van der Waals surface area (Å²) in [5, 5.41) is 14.0. The van der Waals surface area contributed by atoms with E-state index in [2.05, 4.69) is 20.3 Å². The Morgan fingerprint density at radius 1 is 1.03 bits per heavy atom. The predicted octanol–water partition coefficient (Wildman–Crippen LogP) is 4.88. The van der Waals surface area contributed by atoms with Crippen molar-refractivity contribution in [3.8, 4) is 28.5 Å². The average molecular weight is 428 g/mol. The van der Waals surface area contributed by atoms with Crippen LogP contribution in [-0.4, -0.2) is 31.5 Å². The van der Waals surface area contributed by atoms with Crippen LogP contribution in [0.15, 0.2) is 58.2 Å². The molecule has 0 aliphatic rings. The van der Waals surface area contributed by atoms with Gasteiger partial charge in [0.15, 0.2) is 11.0 Å². The van der Waals surface area contributed by atoms with Crippen LogP contribution >= 0.6 is 23.4 Å². The summed E-state index contributed by atoms with van der Waals surface area (Å²) >= 11 is 7.44. The lowest BCUT2D eigenvalue weighted by Crippen LogP contribution is -1.95. The van der Waals surface area contributed by atoms with Crippen LogP contribution in [0.5, 0.6) is 5.75 Å². The summed E-state index contributed by atoms with van der Waals surface area (Å²) < 4.78 is 12.8. The van der Waals surface area contributed by atoms with Gasteiger partial charge in [0.05, 0.1) is 12.4 Å². The fourth-order valence-corrected chi connectivity index (χ4v) is 3.59. The fourth-order valence-electron chi connectivity index (χ4n) is 2.71. The van der Waals surface area contributed by atoms with E-state index in [9.17, 15) is 0 Å². The van der Waals surface area contributed by atoms with E-state index in [1.54, 1.807) is 0 Å². The molecule has 4 rings (SSSR count). The van der Waals surface area contributed by atoms with Crippen LogP contribution in [0.4, 0.5) is 0 Å². The zero-order valence-electron chi connectivity index (χ0n) is 15.9. The normalized spacial score (nSPS) is 11.0. The molecule has 2 heterocycles. The van der Waals surface area contributed by atoms with Gasteiger partial charge >= 0.3 is 0 Å². The number of halogens is 1. The number of ether oxygens (including phenoxy) is 1. The first kappa shape index (κ1) is 19.5. The molecule has 0 atom stereocenters. The molecule has 0 amide bonds. The van der Waals surface area contributed by atoms with E-state index >= 15 is 0 Å². The SMILES string of the molecule is CCOc1ccc(-c2noc(CSc3nnc(-c4ccc(Cl)cc4)n3C)n2)cc1. The minimum atomic E-state index is 0.497. The predicted molar refractivity (Wildman–Crippen MR) is 112 cm³/mol. The van der Waals surface area contributed by atoms with Crippen LogP contribution in [0, 0.1) is 0 Å². The molecule has 29 heavy (non-hydrogen) atoms. The van der Waals surface area contributed by atoms with Crippen LogP contribution in [0.1, 0.15) is 12.8 Å². The van der Waals surface area contributed by atoms with Gasteiger partial charge in [-0.05, 0) is 55.5 Å². The van der Waals surface area contributed by atoms with Crippen LogP contribution in [0.25, 0.3) is 22.8 Å². The summed E-state index contributed by atoms with van der Waals surface area (Å²) in [5.41, 5.74) is 1.82. The molecule has 0 saturated carbocycles. The quantitative estimate of drug-likeness (QED) is 0.389. The van der Waals surface area contributed by atoms with Crippen molar-refractivity contribution in [2.45, 2.75) is 17.8 Å². The number of hydrogen-bond acceptors (Lipinski definition) is 7. The first-order valence-electron chi connectivity index (χ1n) is 8.98. The highest BCUT2D eigenvalue weighted by atomic mass is 35.5. The maximum Gasteiger partial charge on any atom is 0.237 e. The second kappa shape index (κ2) is 8.67. The molecule has 0 aliphatic heterocycles. The molecule has 0 saturated heterocycles. The molecule has 4 aromatic rings. The van der Waals surface area contributed by atoms with E-state index in [4.69, 9.17) is 20.9 Å². The Morgan fingerprint density at radius 2 is 1.76 bits per heavy atom. The van der Waals surface area contributed by atoms with Gasteiger partial charge in [0.1, 0.15) is 5.75 Å². The molecule has 2 aromatic heterocycles. The van der Waals surface area contributed by atoms with Gasteiger partial charge < -0.3 is 13.8 Å². The number of aromatic nitrogens is 5. The third-order valence-corrected chi connectivity index (χ3v) is 5.41. The van der Waals surface area contributed by atoms with Gasteiger partial charge in [-0.1, -0.05) is 28.5 Å². The Bertz CT molecular complexity index is 1090. The molecule has 2 aromatic carbocycles. The molecular weight excluding hydrogens is 410 g/mol. The molecule has 0 unspecified atom stereocenters.